The molecule has 3 aromatic rings. The van der Waals surface area contributed by atoms with Crippen LogP contribution in [0, 0.1) is 0 Å². The van der Waals surface area contributed by atoms with Crippen LogP contribution in [0.1, 0.15) is 5.56 Å². The molecule has 0 bridgehead atoms. The monoisotopic (exact) mass is 334 g/mol. The van der Waals surface area contributed by atoms with Crippen LogP contribution in [0.5, 0.6) is 0 Å². The van der Waals surface area contributed by atoms with Crippen LogP contribution in [0.2, 0.25) is 19.6 Å². The van der Waals surface area contributed by atoms with Crippen LogP contribution in [0.15, 0.2) is 82.2 Å². The fourth-order valence-corrected chi connectivity index (χ4v) is 5.38. The lowest BCUT2D eigenvalue weighted by molar-refractivity contribution is 1.47. The standard InChI is InChI=1S/C21H22SSi/c1-23(2,3)21(22-20-11-5-4-6-12-20)16-17-13-14-18-9-7-8-10-19(18)15-17/h4-16H,1-3H3/b21-16+. The van der Waals surface area contributed by atoms with Crippen LogP contribution in [-0.2, 0) is 0 Å². The Morgan fingerprint density at radius 3 is 2.13 bits per heavy atom. The van der Waals surface area contributed by atoms with E-state index in [1.807, 2.05) is 11.8 Å². The summed E-state index contributed by atoms with van der Waals surface area (Å²) in [5.74, 6) is 0. The van der Waals surface area contributed by atoms with Gasteiger partial charge in [-0.15, -0.1) is 0 Å². The van der Waals surface area contributed by atoms with Gasteiger partial charge in [0.1, 0.15) is 0 Å². The molecule has 3 rings (SSSR count). The molecule has 0 radical (unpaired) electrons. The van der Waals surface area contributed by atoms with Crippen molar-refractivity contribution in [3.63, 3.8) is 0 Å². The van der Waals surface area contributed by atoms with Crippen molar-refractivity contribution in [2.45, 2.75) is 24.5 Å². The first-order chi connectivity index (χ1) is 11.0. The third-order valence-corrected chi connectivity index (χ3v) is 8.39. The van der Waals surface area contributed by atoms with Gasteiger partial charge in [-0.2, -0.15) is 0 Å². The largest absolute Gasteiger partial charge is 0.0991 e. The van der Waals surface area contributed by atoms with Gasteiger partial charge in [0, 0.05) is 4.90 Å². The second kappa shape index (κ2) is 6.77. The van der Waals surface area contributed by atoms with Crippen molar-refractivity contribution in [3.8, 4) is 0 Å². The topological polar surface area (TPSA) is 0 Å². The van der Waals surface area contributed by atoms with Crippen LogP contribution in [0.4, 0.5) is 0 Å². The Balaban J connectivity index is 1.99. The summed E-state index contributed by atoms with van der Waals surface area (Å²) in [5.41, 5.74) is 1.30. The maximum atomic E-state index is 2.41. The fraction of sp³-hybridized carbons (Fsp3) is 0.143. The first kappa shape index (κ1) is 16.1. The van der Waals surface area contributed by atoms with E-state index in [1.54, 1.807) is 0 Å². The molecular formula is C21H22SSi. The summed E-state index contributed by atoms with van der Waals surface area (Å²) in [6, 6.07) is 26.0. The van der Waals surface area contributed by atoms with Crippen molar-refractivity contribution < 1.29 is 0 Å². The molecule has 0 amide bonds. The highest BCUT2D eigenvalue weighted by molar-refractivity contribution is 8.05. The molecule has 0 fully saturated rings. The summed E-state index contributed by atoms with van der Waals surface area (Å²) in [6.07, 6.45) is 2.39. The van der Waals surface area contributed by atoms with Crippen molar-refractivity contribution in [3.05, 3.63) is 82.9 Å². The first-order valence-electron chi connectivity index (χ1n) is 7.96. The van der Waals surface area contributed by atoms with E-state index in [1.165, 1.54) is 25.8 Å². The molecule has 0 saturated heterocycles. The predicted molar refractivity (Wildman–Crippen MR) is 108 cm³/mol. The molecule has 0 aliphatic heterocycles. The highest BCUT2D eigenvalue weighted by Gasteiger charge is 2.20. The molecule has 0 N–H and O–H groups in total. The Labute approximate surface area is 144 Å². The van der Waals surface area contributed by atoms with Gasteiger partial charge in [-0.05, 0) is 45.1 Å². The van der Waals surface area contributed by atoms with E-state index in [-0.39, 0.29) is 0 Å². The third-order valence-electron chi connectivity index (χ3n) is 3.78. The van der Waals surface area contributed by atoms with Crippen LogP contribution in [0.25, 0.3) is 16.8 Å². The molecule has 2 heteroatoms. The number of rotatable bonds is 4. The average molecular weight is 335 g/mol. The molecule has 0 aromatic heterocycles. The average Bonchev–Trinajstić information content (AvgIpc) is 2.54. The molecule has 0 unspecified atom stereocenters. The van der Waals surface area contributed by atoms with Crippen molar-refractivity contribution in [1.29, 1.82) is 0 Å². The normalized spacial score (nSPS) is 12.6. The Morgan fingerprint density at radius 2 is 1.43 bits per heavy atom. The molecule has 0 aliphatic carbocycles. The van der Waals surface area contributed by atoms with Crippen LogP contribution < -0.4 is 0 Å². The van der Waals surface area contributed by atoms with Gasteiger partial charge in [0.25, 0.3) is 0 Å². The zero-order valence-electron chi connectivity index (χ0n) is 13.9. The predicted octanol–water partition coefficient (Wildman–Crippen LogP) is 6.85. The van der Waals surface area contributed by atoms with Gasteiger partial charge in [0.05, 0.1) is 8.07 Å². The SMILES string of the molecule is C[Si](C)(C)/C(=C/c1ccc2ccccc2c1)Sc1ccccc1. The van der Waals surface area contributed by atoms with Crippen molar-refractivity contribution in [1.82, 2.24) is 0 Å². The molecule has 0 heterocycles. The number of fused-ring (bicyclic) bond motifs is 1. The van der Waals surface area contributed by atoms with Gasteiger partial charge in [0.2, 0.25) is 0 Å². The van der Waals surface area contributed by atoms with Crippen LogP contribution in [-0.4, -0.2) is 8.07 Å². The van der Waals surface area contributed by atoms with Gasteiger partial charge >= 0.3 is 0 Å². The molecule has 0 saturated carbocycles. The zero-order chi connectivity index (χ0) is 16.3. The van der Waals surface area contributed by atoms with E-state index >= 15 is 0 Å². The number of thioether (sulfide) groups is 1. The van der Waals surface area contributed by atoms with E-state index in [2.05, 4.69) is 98.5 Å². The second-order valence-electron chi connectivity index (χ2n) is 6.78. The lowest BCUT2D eigenvalue weighted by atomic mass is 10.1. The lowest BCUT2D eigenvalue weighted by Crippen LogP contribution is -2.21. The second-order valence-corrected chi connectivity index (χ2v) is 13.3. The molecule has 0 atom stereocenters. The van der Waals surface area contributed by atoms with E-state index in [9.17, 15) is 0 Å². The Kier molecular flexibility index (Phi) is 4.74. The summed E-state index contributed by atoms with van der Waals surface area (Å²) >= 11 is 1.92. The Morgan fingerprint density at radius 1 is 0.783 bits per heavy atom. The van der Waals surface area contributed by atoms with Crippen molar-refractivity contribution >= 4 is 36.7 Å². The number of benzene rings is 3. The molecular weight excluding hydrogens is 312 g/mol. The summed E-state index contributed by atoms with van der Waals surface area (Å²) in [6.45, 7) is 7.24. The summed E-state index contributed by atoms with van der Waals surface area (Å²) in [4.78, 5) is 1.32. The van der Waals surface area contributed by atoms with Gasteiger partial charge in [-0.25, -0.2) is 0 Å². The smallest absolute Gasteiger partial charge is 0.0862 e. The minimum Gasteiger partial charge on any atom is -0.0991 e. The highest BCUT2D eigenvalue weighted by Crippen LogP contribution is 2.35. The molecule has 0 spiro atoms. The van der Waals surface area contributed by atoms with Gasteiger partial charge in [-0.3, -0.25) is 0 Å². The molecule has 116 valence electrons. The minimum absolute atomic E-state index is 1.30. The molecule has 0 aliphatic rings. The minimum atomic E-state index is -1.40. The summed E-state index contributed by atoms with van der Waals surface area (Å²) in [5, 5.41) is 2.61. The van der Waals surface area contributed by atoms with Gasteiger partial charge in [-0.1, -0.05) is 86.0 Å². The molecule has 23 heavy (non-hydrogen) atoms. The molecule has 3 aromatic carbocycles. The van der Waals surface area contributed by atoms with Crippen molar-refractivity contribution in [2.75, 3.05) is 0 Å². The van der Waals surface area contributed by atoms with Gasteiger partial charge < -0.3 is 0 Å². The van der Waals surface area contributed by atoms with E-state index in [0.717, 1.165) is 0 Å². The molecule has 0 nitrogen and oxygen atoms in total. The number of hydrogen-bond acceptors (Lipinski definition) is 1. The first-order valence-corrected chi connectivity index (χ1v) is 12.3. The lowest BCUT2D eigenvalue weighted by Gasteiger charge is -2.20. The quantitative estimate of drug-likeness (QED) is 0.371. The third kappa shape index (κ3) is 4.15. The Hall–Kier alpha value is -1.77. The van der Waals surface area contributed by atoms with Crippen LogP contribution in [0.3, 0.4) is 0 Å². The fourth-order valence-electron chi connectivity index (χ4n) is 2.46. The van der Waals surface area contributed by atoms with E-state index in [0.29, 0.717) is 0 Å². The van der Waals surface area contributed by atoms with Gasteiger partial charge in [0.15, 0.2) is 0 Å². The Bertz CT molecular complexity index is 829. The maximum Gasteiger partial charge on any atom is 0.0862 e. The maximum absolute atomic E-state index is 2.41. The number of hydrogen-bond donors (Lipinski definition) is 0. The van der Waals surface area contributed by atoms with Crippen LogP contribution >= 0.6 is 11.8 Å². The highest BCUT2D eigenvalue weighted by atomic mass is 32.2. The van der Waals surface area contributed by atoms with Crippen molar-refractivity contribution in [2.24, 2.45) is 0 Å². The zero-order valence-corrected chi connectivity index (χ0v) is 15.7. The summed E-state index contributed by atoms with van der Waals surface area (Å²) < 4.78 is 1.51. The summed E-state index contributed by atoms with van der Waals surface area (Å²) in [7, 11) is -1.40. The van der Waals surface area contributed by atoms with E-state index in [4.69, 9.17) is 0 Å². The van der Waals surface area contributed by atoms with E-state index < -0.39 is 8.07 Å².